The maximum absolute atomic E-state index is 11.5. The first-order valence-electron chi connectivity index (χ1n) is 26.1. The molecular formula is C58H65Br3CaKN11O6S3. The fraction of sp³-hybridized carbons (Fsp3) is 0.328. The number of hydrogen-bond acceptors (Lipinski definition) is 15. The number of carbonyl (C=O) groups excluding carboxylic acids is 1. The molecule has 0 bridgehead atoms. The first kappa shape index (κ1) is 71.0. The van der Waals surface area contributed by atoms with Gasteiger partial charge in [0, 0.05) is 42.3 Å². The molecule has 1 fully saturated rings. The van der Waals surface area contributed by atoms with Crippen molar-refractivity contribution in [1.82, 2.24) is 54.9 Å². The predicted molar refractivity (Wildman–Crippen MR) is 342 cm³/mol. The van der Waals surface area contributed by atoms with Gasteiger partial charge in [-0.15, -0.1) is 30.6 Å². The van der Waals surface area contributed by atoms with Crippen molar-refractivity contribution < 1.29 is 83.9 Å². The van der Waals surface area contributed by atoms with E-state index in [1.807, 2.05) is 68.3 Å². The number of aliphatic carboxylic acids is 3. The third-order valence-electron chi connectivity index (χ3n) is 13.1. The molecule has 3 aromatic heterocycles. The van der Waals surface area contributed by atoms with Crippen LogP contribution in [0.3, 0.4) is 0 Å². The Labute approximate surface area is 596 Å². The van der Waals surface area contributed by atoms with Crippen LogP contribution in [0.15, 0.2) is 139 Å². The second-order valence-electron chi connectivity index (χ2n) is 19.9. The fourth-order valence-corrected chi connectivity index (χ4v) is 12.9. The summed E-state index contributed by atoms with van der Waals surface area (Å²) in [4.78, 5) is 34.3. The molecule has 430 valence electrons. The number of piperazine rings is 1. The quantitative estimate of drug-likeness (QED) is 0.0555. The number of carbonyl (C=O) groups is 3. The van der Waals surface area contributed by atoms with Crippen molar-refractivity contribution >= 4 is 171 Å². The van der Waals surface area contributed by atoms with Crippen LogP contribution in [-0.4, -0.2) is 151 Å². The van der Waals surface area contributed by atoms with Crippen LogP contribution in [-0.2, 0) is 33.6 Å². The number of thioether (sulfide) groups is 3. The van der Waals surface area contributed by atoms with E-state index in [1.54, 1.807) is 41.5 Å². The molecule has 83 heavy (non-hydrogen) atoms. The predicted octanol–water partition coefficient (Wildman–Crippen LogP) is 8.79. The van der Waals surface area contributed by atoms with Gasteiger partial charge in [-0.3, -0.25) is 23.3 Å². The Bertz CT molecular complexity index is 3360. The van der Waals surface area contributed by atoms with Gasteiger partial charge in [0.05, 0.1) is 27.8 Å². The van der Waals surface area contributed by atoms with Gasteiger partial charge in [0.1, 0.15) is 9.49 Å². The number of halogens is 3. The largest absolute Gasteiger partial charge is 2.00 e. The molecule has 4 heterocycles. The first-order chi connectivity index (χ1) is 38.5. The van der Waals surface area contributed by atoms with Crippen LogP contribution in [0.2, 0.25) is 0 Å². The Morgan fingerprint density at radius 3 is 0.964 bits per heavy atom. The molecule has 1 aliphatic heterocycles. The Kier molecular flexibility index (Phi) is 27.3. The summed E-state index contributed by atoms with van der Waals surface area (Å²) in [5.41, 5.74) is 6.54. The Hall–Kier alpha value is -2.76. The van der Waals surface area contributed by atoms with Crippen LogP contribution in [0.5, 0.6) is 0 Å². The average Bonchev–Trinajstić information content (AvgIpc) is 2.67. The van der Waals surface area contributed by atoms with Crippen LogP contribution in [0, 0.1) is 0 Å². The van der Waals surface area contributed by atoms with E-state index in [-0.39, 0.29) is 92.0 Å². The monoisotopic (exact) mass is 1420 g/mol. The van der Waals surface area contributed by atoms with Gasteiger partial charge >= 0.3 is 101 Å². The second-order valence-corrected chi connectivity index (χ2v) is 26.8. The molecule has 4 N–H and O–H groups in total. The van der Waals surface area contributed by atoms with Gasteiger partial charge in [0.15, 0.2) is 15.5 Å². The summed E-state index contributed by atoms with van der Waals surface area (Å²) in [5, 5.41) is 69.8. The molecule has 25 heteroatoms. The minimum Gasteiger partial charge on any atom is -1.00 e. The number of rotatable bonds is 15. The molecule has 1 aliphatic rings. The van der Waals surface area contributed by atoms with Crippen LogP contribution < -0.4 is 67.1 Å². The van der Waals surface area contributed by atoms with Gasteiger partial charge in [-0.05, 0) is 160 Å². The molecule has 0 spiro atoms. The molecule has 0 atom stereocenters. The van der Waals surface area contributed by atoms with E-state index in [2.05, 4.69) is 164 Å². The smallest absolute Gasteiger partial charge is 1.00 e. The zero-order valence-electron chi connectivity index (χ0n) is 50.0. The number of nitrogens with one attached hydrogen (secondary N) is 2. The second kappa shape index (κ2) is 31.9. The number of carboxylic acid groups (broad SMARTS) is 3. The number of fused-ring (bicyclic) bond motifs is 3. The number of hydrogen-bond donors (Lipinski definition) is 4. The van der Waals surface area contributed by atoms with Gasteiger partial charge in [-0.25, -0.2) is 0 Å². The van der Waals surface area contributed by atoms with E-state index in [4.69, 9.17) is 0 Å². The van der Waals surface area contributed by atoms with Crippen molar-refractivity contribution in [2.75, 3.05) is 26.2 Å². The number of aryl methyl sites for hydroxylation is 3. The van der Waals surface area contributed by atoms with Crippen molar-refractivity contribution in [1.29, 1.82) is 0 Å². The van der Waals surface area contributed by atoms with Gasteiger partial charge in [-0.2, -0.15) is 0 Å². The molecule has 0 amide bonds. The minimum absolute atomic E-state index is 0. The summed E-state index contributed by atoms with van der Waals surface area (Å²) in [5.74, 6) is -2.93. The summed E-state index contributed by atoms with van der Waals surface area (Å²) in [6.07, 6.45) is 2.82. The third kappa shape index (κ3) is 17.3. The number of nitrogens with zero attached hydrogens (tertiary/aromatic N) is 9. The fourth-order valence-electron chi connectivity index (χ4n) is 8.53. The number of carboxylic acids is 3. The minimum atomic E-state index is -1.14. The summed E-state index contributed by atoms with van der Waals surface area (Å²) in [6.45, 7) is 20.8. The maximum Gasteiger partial charge on any atom is 2.00 e. The summed E-state index contributed by atoms with van der Waals surface area (Å²) >= 11 is 13.8. The molecule has 0 aliphatic carbocycles. The molecule has 1 saturated heterocycles. The molecule has 10 rings (SSSR count). The van der Waals surface area contributed by atoms with Crippen molar-refractivity contribution in [3.63, 3.8) is 0 Å². The van der Waals surface area contributed by atoms with Crippen LogP contribution >= 0.6 is 83.1 Å². The summed E-state index contributed by atoms with van der Waals surface area (Å²) in [6, 6.07) is 36.9. The molecule has 0 radical (unpaired) electrons. The van der Waals surface area contributed by atoms with E-state index in [1.165, 1.54) is 56.4 Å². The molecule has 17 nitrogen and oxygen atoms in total. The van der Waals surface area contributed by atoms with E-state index in [0.717, 1.165) is 90.4 Å². The van der Waals surface area contributed by atoms with Crippen LogP contribution in [0.4, 0.5) is 0 Å². The van der Waals surface area contributed by atoms with E-state index in [9.17, 15) is 29.7 Å². The van der Waals surface area contributed by atoms with Crippen LogP contribution in [0.25, 0.3) is 49.4 Å². The van der Waals surface area contributed by atoms with Crippen molar-refractivity contribution in [3.05, 3.63) is 140 Å². The molecular weight excluding hydrogens is 1360 g/mol. The topological polar surface area (TPSA) is 231 Å². The van der Waals surface area contributed by atoms with E-state index < -0.39 is 32.1 Å². The third-order valence-corrected chi connectivity index (χ3v) is 18.1. The summed E-state index contributed by atoms with van der Waals surface area (Å²) < 4.78 is 4.02. The SMILES string of the molecule is C1CNCCN1.CCc1ccc(-n2c(Br)nnc2SC(C)(C)C(=O)O)c2ccccc12.CCc1ccc(-n2c(Br)nnc2SC(C)(C)C(=O)O)c2ccccc12.CCc1ccc(-n2c(Br)nnc2SC(C)(C)C(=O)[O-])c2ccccc12.[Ca+2].[H-].[H-].[K+]. The number of benzene rings is 6. The van der Waals surface area contributed by atoms with Gasteiger partial charge < -0.3 is 33.6 Å². The van der Waals surface area contributed by atoms with Crippen molar-refractivity contribution in [3.8, 4) is 17.1 Å². The van der Waals surface area contributed by atoms with Crippen molar-refractivity contribution in [2.24, 2.45) is 0 Å². The summed E-state index contributed by atoms with van der Waals surface area (Å²) in [7, 11) is 0. The first-order valence-corrected chi connectivity index (χ1v) is 30.9. The molecule has 6 aromatic carbocycles. The zero-order chi connectivity index (χ0) is 58.8. The maximum atomic E-state index is 11.5. The number of aromatic nitrogens is 9. The molecule has 9 aromatic rings. The van der Waals surface area contributed by atoms with Crippen molar-refractivity contribution in [2.45, 2.75) is 111 Å². The van der Waals surface area contributed by atoms with E-state index >= 15 is 0 Å². The Morgan fingerprint density at radius 2 is 0.735 bits per heavy atom. The van der Waals surface area contributed by atoms with Crippen LogP contribution in [0.1, 0.15) is 81.9 Å². The normalized spacial score (nSPS) is 12.4. The zero-order valence-corrected chi connectivity index (χ0v) is 60.5. The Morgan fingerprint density at radius 1 is 0.482 bits per heavy atom. The van der Waals surface area contributed by atoms with Gasteiger partial charge in [0.25, 0.3) is 0 Å². The average molecular weight is 1430 g/mol. The molecule has 0 saturated carbocycles. The van der Waals surface area contributed by atoms with Gasteiger partial charge in [0.2, 0.25) is 14.2 Å². The van der Waals surface area contributed by atoms with E-state index in [0.29, 0.717) is 29.7 Å². The molecule has 0 unspecified atom stereocenters. The standard InChI is InChI=1S/3C18H18BrN3O2S.C4H10N2.Ca.K.2H/c3*1-4-11-9-10-14(13-8-6-5-7-12(11)13)22-16(19)20-21-17(22)25-18(2,3)15(23)24;1-2-6-4-3-5-1;;;;/h3*5-10H,4H2,1-3H3,(H,23,24);5-6H,1-4H2;;;;/q;;;;+2;+1;2*-1/p-1. The Balaban J connectivity index is 0.000000310. The van der Waals surface area contributed by atoms with Gasteiger partial charge in [-0.1, -0.05) is 147 Å².